The van der Waals surface area contributed by atoms with Crippen molar-refractivity contribution in [1.82, 2.24) is 4.90 Å². The van der Waals surface area contributed by atoms with Gasteiger partial charge in [0.05, 0.1) is 6.61 Å². The summed E-state index contributed by atoms with van der Waals surface area (Å²) in [5.41, 5.74) is 1.33. The highest BCUT2D eigenvalue weighted by Crippen LogP contribution is 2.32. The van der Waals surface area contributed by atoms with E-state index in [0.717, 1.165) is 4.90 Å². The number of hydrogen-bond acceptors (Lipinski definition) is 6. The predicted molar refractivity (Wildman–Crippen MR) is 117 cm³/mol. The SMILES string of the molecule is C=CCOc1ccc(/C=C2/C(=O)N(CCCOCC)C(=O)C(C#N)=C2C)cc1OCC. The molecule has 2 amide bonds. The molecule has 0 saturated carbocycles. The summed E-state index contributed by atoms with van der Waals surface area (Å²) in [5, 5.41) is 9.50. The molecule has 1 aliphatic heterocycles. The number of carbonyl (C=O) groups excluding carboxylic acids is 2. The van der Waals surface area contributed by atoms with Crippen LogP contribution in [0.2, 0.25) is 0 Å². The monoisotopic (exact) mass is 424 g/mol. The third kappa shape index (κ3) is 5.83. The van der Waals surface area contributed by atoms with E-state index in [9.17, 15) is 14.9 Å². The van der Waals surface area contributed by atoms with Gasteiger partial charge in [-0.1, -0.05) is 18.7 Å². The molecule has 0 fully saturated rings. The fraction of sp³-hybridized carbons (Fsp3) is 0.375. The zero-order chi connectivity index (χ0) is 22.8. The van der Waals surface area contributed by atoms with E-state index >= 15 is 0 Å². The molecule has 0 N–H and O–H groups in total. The van der Waals surface area contributed by atoms with E-state index in [4.69, 9.17) is 14.2 Å². The molecule has 1 aromatic carbocycles. The van der Waals surface area contributed by atoms with Crippen molar-refractivity contribution in [3.05, 3.63) is 53.1 Å². The van der Waals surface area contributed by atoms with Gasteiger partial charge in [0.15, 0.2) is 11.5 Å². The number of hydrogen-bond donors (Lipinski definition) is 0. The average molecular weight is 424 g/mol. The first-order chi connectivity index (χ1) is 15.0. The highest BCUT2D eigenvalue weighted by Gasteiger charge is 2.35. The lowest BCUT2D eigenvalue weighted by Crippen LogP contribution is -2.43. The minimum absolute atomic E-state index is 0.0294. The number of nitriles is 1. The first-order valence-electron chi connectivity index (χ1n) is 10.3. The lowest BCUT2D eigenvalue weighted by molar-refractivity contribution is -0.140. The topological polar surface area (TPSA) is 88.9 Å². The Bertz CT molecular complexity index is 940. The number of benzene rings is 1. The van der Waals surface area contributed by atoms with Crippen LogP contribution < -0.4 is 9.47 Å². The maximum absolute atomic E-state index is 13.1. The standard InChI is InChI=1S/C24H28N2O5/c1-5-12-31-21-10-9-18(15-22(21)30-7-3)14-19-17(4)20(16-25)24(28)26(23(19)27)11-8-13-29-6-2/h5,9-10,14-15H,1,6-8,11-13H2,2-4H3/b19-14+. The molecule has 164 valence electrons. The largest absolute Gasteiger partial charge is 0.490 e. The summed E-state index contributed by atoms with van der Waals surface area (Å²) in [6.45, 7) is 11.0. The zero-order valence-corrected chi connectivity index (χ0v) is 18.3. The number of ether oxygens (including phenoxy) is 3. The third-order valence-electron chi connectivity index (χ3n) is 4.64. The van der Waals surface area contributed by atoms with Crippen molar-refractivity contribution in [2.24, 2.45) is 0 Å². The van der Waals surface area contributed by atoms with Crippen molar-refractivity contribution >= 4 is 17.9 Å². The molecule has 1 aromatic rings. The Hall–Kier alpha value is -3.37. The number of carbonyl (C=O) groups is 2. The Morgan fingerprint density at radius 2 is 1.90 bits per heavy atom. The molecule has 7 nitrogen and oxygen atoms in total. The summed E-state index contributed by atoms with van der Waals surface area (Å²) in [7, 11) is 0. The average Bonchev–Trinajstić information content (AvgIpc) is 2.76. The number of nitrogens with zero attached hydrogens (tertiary/aromatic N) is 2. The summed E-state index contributed by atoms with van der Waals surface area (Å²) in [4.78, 5) is 26.8. The van der Waals surface area contributed by atoms with E-state index in [-0.39, 0.29) is 12.1 Å². The van der Waals surface area contributed by atoms with Crippen molar-refractivity contribution < 1.29 is 23.8 Å². The zero-order valence-electron chi connectivity index (χ0n) is 18.3. The van der Waals surface area contributed by atoms with E-state index in [0.29, 0.717) is 61.1 Å². The molecule has 0 atom stereocenters. The van der Waals surface area contributed by atoms with E-state index in [1.54, 1.807) is 37.3 Å². The quantitative estimate of drug-likeness (QED) is 0.233. The maximum Gasteiger partial charge on any atom is 0.271 e. The summed E-state index contributed by atoms with van der Waals surface area (Å²) in [6, 6.07) is 7.25. The van der Waals surface area contributed by atoms with Gasteiger partial charge in [-0.25, -0.2) is 0 Å². The van der Waals surface area contributed by atoms with Crippen LogP contribution in [0.15, 0.2) is 47.6 Å². The van der Waals surface area contributed by atoms with Crippen molar-refractivity contribution in [2.45, 2.75) is 27.2 Å². The van der Waals surface area contributed by atoms with Gasteiger partial charge in [-0.2, -0.15) is 5.26 Å². The minimum Gasteiger partial charge on any atom is -0.490 e. The molecule has 31 heavy (non-hydrogen) atoms. The molecule has 2 rings (SSSR count). The Balaban J connectivity index is 2.41. The lowest BCUT2D eigenvalue weighted by Gasteiger charge is -2.27. The van der Waals surface area contributed by atoms with Gasteiger partial charge in [0.2, 0.25) is 0 Å². The van der Waals surface area contributed by atoms with Gasteiger partial charge in [0, 0.05) is 25.3 Å². The van der Waals surface area contributed by atoms with Gasteiger partial charge in [-0.3, -0.25) is 14.5 Å². The van der Waals surface area contributed by atoms with Crippen LogP contribution in [0.5, 0.6) is 11.5 Å². The Morgan fingerprint density at radius 1 is 1.13 bits per heavy atom. The van der Waals surface area contributed by atoms with Crippen LogP contribution >= 0.6 is 0 Å². The molecule has 0 saturated heterocycles. The minimum atomic E-state index is -0.568. The van der Waals surface area contributed by atoms with Gasteiger partial charge < -0.3 is 14.2 Å². The maximum atomic E-state index is 13.1. The van der Waals surface area contributed by atoms with E-state index in [1.807, 2.05) is 19.9 Å². The lowest BCUT2D eigenvalue weighted by atomic mass is 9.93. The van der Waals surface area contributed by atoms with Gasteiger partial charge in [0.1, 0.15) is 18.2 Å². The summed E-state index contributed by atoms with van der Waals surface area (Å²) >= 11 is 0. The van der Waals surface area contributed by atoms with Gasteiger partial charge in [-0.15, -0.1) is 0 Å². The molecule has 1 aliphatic rings. The van der Waals surface area contributed by atoms with Crippen LogP contribution in [0.3, 0.4) is 0 Å². The number of amides is 2. The molecular weight excluding hydrogens is 396 g/mol. The van der Waals surface area contributed by atoms with E-state index in [2.05, 4.69) is 6.58 Å². The molecule has 0 radical (unpaired) electrons. The number of rotatable bonds is 11. The van der Waals surface area contributed by atoms with Crippen LogP contribution in [0, 0.1) is 11.3 Å². The van der Waals surface area contributed by atoms with Crippen molar-refractivity contribution in [1.29, 1.82) is 5.26 Å². The summed E-state index contributed by atoms with van der Waals surface area (Å²) in [6.07, 6.45) is 3.80. The van der Waals surface area contributed by atoms with Crippen LogP contribution in [-0.2, 0) is 14.3 Å². The highest BCUT2D eigenvalue weighted by atomic mass is 16.5. The molecular formula is C24H28N2O5. The highest BCUT2D eigenvalue weighted by molar-refractivity contribution is 6.19. The van der Waals surface area contributed by atoms with Crippen LogP contribution in [-0.4, -0.2) is 49.7 Å². The molecule has 7 heteroatoms. The molecule has 0 bridgehead atoms. The van der Waals surface area contributed by atoms with Crippen LogP contribution in [0.1, 0.15) is 32.8 Å². The van der Waals surface area contributed by atoms with Gasteiger partial charge in [-0.05, 0) is 56.5 Å². The van der Waals surface area contributed by atoms with Crippen molar-refractivity contribution in [3.63, 3.8) is 0 Å². The van der Waals surface area contributed by atoms with Gasteiger partial charge >= 0.3 is 0 Å². The second kappa shape index (κ2) is 11.7. The first-order valence-corrected chi connectivity index (χ1v) is 10.3. The fourth-order valence-electron chi connectivity index (χ4n) is 3.12. The molecule has 0 unspecified atom stereocenters. The van der Waals surface area contributed by atoms with E-state index in [1.165, 1.54) is 0 Å². The fourth-order valence-corrected chi connectivity index (χ4v) is 3.12. The second-order valence-electron chi connectivity index (χ2n) is 6.72. The predicted octanol–water partition coefficient (Wildman–Crippen LogP) is 3.67. The first kappa shape index (κ1) is 23.9. The third-order valence-corrected chi connectivity index (χ3v) is 4.64. The second-order valence-corrected chi connectivity index (χ2v) is 6.72. The Labute approximate surface area is 183 Å². The molecule has 0 spiro atoms. The summed E-state index contributed by atoms with van der Waals surface area (Å²) < 4.78 is 16.6. The summed E-state index contributed by atoms with van der Waals surface area (Å²) in [5.74, 6) is 0.107. The van der Waals surface area contributed by atoms with E-state index < -0.39 is 11.8 Å². The van der Waals surface area contributed by atoms with Crippen molar-refractivity contribution in [2.75, 3.05) is 33.0 Å². The number of imide groups is 1. The molecule has 0 aromatic heterocycles. The molecule has 1 heterocycles. The normalized spacial score (nSPS) is 15.3. The van der Waals surface area contributed by atoms with Crippen LogP contribution in [0.4, 0.5) is 0 Å². The van der Waals surface area contributed by atoms with Gasteiger partial charge in [0.25, 0.3) is 11.8 Å². The molecule has 0 aliphatic carbocycles. The van der Waals surface area contributed by atoms with Crippen molar-refractivity contribution in [3.8, 4) is 17.6 Å². The van der Waals surface area contributed by atoms with Crippen LogP contribution in [0.25, 0.3) is 6.08 Å². The smallest absolute Gasteiger partial charge is 0.271 e. The Morgan fingerprint density at radius 3 is 2.55 bits per heavy atom. The Kier molecular flexibility index (Phi) is 9.04.